The molecule has 43 heavy (non-hydrogen) atoms. The minimum Gasteiger partial charge on any atom is -0.478 e. The largest absolute Gasteiger partial charge is 0.478 e. The van der Waals surface area contributed by atoms with E-state index in [-0.39, 0.29) is 6.08 Å². The van der Waals surface area contributed by atoms with Gasteiger partial charge in [-0.05, 0) is 0 Å². The molecule has 0 atom stereocenters. The number of aliphatic carboxylic acids is 1. The van der Waals surface area contributed by atoms with Crippen molar-refractivity contribution in [3.05, 3.63) is 25.3 Å². The molecule has 0 bridgehead atoms. The number of rotatable bonds is 13. The fourth-order valence-corrected chi connectivity index (χ4v) is 2.09. The van der Waals surface area contributed by atoms with Crippen molar-refractivity contribution in [2.45, 2.75) is 65.9 Å². The Balaban J connectivity index is 0. The molecule has 0 radical (unpaired) electrons. The standard InChI is InChI=1S/C15H7F21O2.C3H4O2/c1-2-5(37)38-4-3-6(16,17)7(18,19)8(20,21)9(22,23)10(24,25)11(26,27)12(28,29)13(30,31)14(32,33)15(34,35)36;1-2-3(4)5/h2H,1,3-4H2;2H,1H2,(H,4,5). The van der Waals surface area contributed by atoms with Gasteiger partial charge in [0.15, 0.2) is 0 Å². The minimum atomic E-state index is -9.21. The third kappa shape index (κ3) is 6.72. The van der Waals surface area contributed by atoms with E-state index in [9.17, 15) is 102 Å². The number of hydrogen-bond donors (Lipinski definition) is 1. The summed E-state index contributed by atoms with van der Waals surface area (Å²) in [7, 11) is 0. The molecule has 0 amide bonds. The van der Waals surface area contributed by atoms with Gasteiger partial charge in [-0.3, -0.25) is 0 Å². The van der Waals surface area contributed by atoms with E-state index < -0.39 is 84.4 Å². The van der Waals surface area contributed by atoms with Crippen LogP contribution in [0.5, 0.6) is 0 Å². The van der Waals surface area contributed by atoms with Crippen LogP contribution in [-0.2, 0) is 14.3 Å². The SMILES string of the molecule is C=CC(=O)O.C=CC(=O)OCCC(F)(F)C(F)(F)C(F)(F)C(F)(F)C(F)(F)C(F)(F)C(F)(F)C(F)(F)C(F)(F)C(F)(F)F. The fourth-order valence-electron chi connectivity index (χ4n) is 2.09. The normalized spacial score (nSPS) is 14.8. The molecule has 4 nitrogen and oxygen atoms in total. The van der Waals surface area contributed by atoms with Gasteiger partial charge in [0, 0.05) is 12.2 Å². The highest BCUT2D eigenvalue weighted by molar-refractivity contribution is 5.81. The van der Waals surface area contributed by atoms with Crippen LogP contribution in [0.25, 0.3) is 0 Å². The van der Waals surface area contributed by atoms with Gasteiger partial charge in [-0.15, -0.1) is 0 Å². The lowest BCUT2D eigenvalue weighted by molar-refractivity contribution is -0.474. The summed E-state index contributed by atoms with van der Waals surface area (Å²) in [5.74, 6) is -80.2. The molecule has 0 saturated carbocycles. The average molecular weight is 690 g/mol. The van der Waals surface area contributed by atoms with E-state index in [1.807, 2.05) is 0 Å². The van der Waals surface area contributed by atoms with Crippen molar-refractivity contribution >= 4 is 11.9 Å². The van der Waals surface area contributed by atoms with Gasteiger partial charge in [-0.1, -0.05) is 13.2 Å². The first-order valence-electron chi connectivity index (χ1n) is 9.59. The second kappa shape index (κ2) is 12.1. The summed E-state index contributed by atoms with van der Waals surface area (Å²) < 4.78 is 280. The topological polar surface area (TPSA) is 63.6 Å². The van der Waals surface area contributed by atoms with Crippen molar-refractivity contribution < 1.29 is 112 Å². The third-order valence-corrected chi connectivity index (χ3v) is 4.58. The first-order chi connectivity index (χ1) is 18.5. The molecule has 0 saturated heterocycles. The first-order valence-corrected chi connectivity index (χ1v) is 9.59. The number of carbonyl (C=O) groups is 2. The lowest BCUT2D eigenvalue weighted by atomic mass is 9.86. The van der Waals surface area contributed by atoms with Crippen molar-refractivity contribution in [1.29, 1.82) is 0 Å². The molecule has 0 aromatic carbocycles. The molecule has 0 aliphatic rings. The molecule has 1 N–H and O–H groups in total. The smallest absolute Gasteiger partial charge is 0.460 e. The first kappa shape index (κ1) is 42.1. The molecule has 0 aromatic heterocycles. The van der Waals surface area contributed by atoms with Crippen molar-refractivity contribution in [2.75, 3.05) is 6.61 Å². The van der Waals surface area contributed by atoms with Crippen LogP contribution in [0.2, 0.25) is 0 Å². The van der Waals surface area contributed by atoms with E-state index in [1.165, 1.54) is 0 Å². The molecular weight excluding hydrogens is 679 g/mol. The maximum atomic E-state index is 13.6. The summed E-state index contributed by atoms with van der Waals surface area (Å²) in [6, 6.07) is 0. The number of esters is 1. The maximum Gasteiger partial charge on any atom is 0.460 e. The molecule has 25 heteroatoms. The van der Waals surface area contributed by atoms with Gasteiger partial charge in [-0.25, -0.2) is 9.59 Å². The van der Waals surface area contributed by atoms with Crippen LogP contribution in [0.1, 0.15) is 6.42 Å². The average Bonchev–Trinajstić information content (AvgIpc) is 2.82. The van der Waals surface area contributed by atoms with Gasteiger partial charge in [-0.2, -0.15) is 92.2 Å². The molecule has 0 rings (SSSR count). The number of hydrogen-bond acceptors (Lipinski definition) is 3. The molecule has 0 aromatic rings. The zero-order chi connectivity index (χ0) is 35.7. The van der Waals surface area contributed by atoms with E-state index in [0.717, 1.165) is 6.08 Å². The Bertz CT molecular complexity index is 1030. The van der Waals surface area contributed by atoms with Gasteiger partial charge in [0.1, 0.15) is 0 Å². The van der Waals surface area contributed by atoms with Gasteiger partial charge in [0.2, 0.25) is 0 Å². The number of carbonyl (C=O) groups excluding carboxylic acids is 1. The Morgan fingerprint density at radius 3 is 1.00 bits per heavy atom. The number of halogens is 21. The van der Waals surface area contributed by atoms with Crippen LogP contribution >= 0.6 is 0 Å². The summed E-state index contributed by atoms with van der Waals surface area (Å²) in [6.45, 7) is 3.42. The van der Waals surface area contributed by atoms with Crippen molar-refractivity contribution in [3.8, 4) is 0 Å². The molecular formula is C18H11F21O4. The molecule has 254 valence electrons. The van der Waals surface area contributed by atoms with Gasteiger partial charge >= 0.3 is 71.4 Å². The van der Waals surface area contributed by atoms with Crippen molar-refractivity contribution in [1.82, 2.24) is 0 Å². The van der Waals surface area contributed by atoms with Crippen molar-refractivity contribution in [3.63, 3.8) is 0 Å². The molecule has 0 spiro atoms. The highest BCUT2D eigenvalue weighted by Gasteiger charge is 2.97. The summed E-state index contributed by atoms with van der Waals surface area (Å²) in [6.07, 6.45) is -10.1. The quantitative estimate of drug-likeness (QED) is 0.123. The van der Waals surface area contributed by atoms with E-state index in [0.29, 0.717) is 0 Å². The summed E-state index contributed by atoms with van der Waals surface area (Å²) >= 11 is 0. The van der Waals surface area contributed by atoms with Crippen LogP contribution in [0, 0.1) is 0 Å². The Kier molecular flexibility index (Phi) is 11.9. The molecule has 0 fully saturated rings. The number of ether oxygens (including phenoxy) is 1. The lowest BCUT2D eigenvalue weighted by Crippen LogP contribution is -2.76. The number of alkyl halides is 21. The van der Waals surface area contributed by atoms with Crippen LogP contribution in [0.15, 0.2) is 25.3 Å². The van der Waals surface area contributed by atoms with Crippen molar-refractivity contribution in [2.24, 2.45) is 0 Å². The van der Waals surface area contributed by atoms with Gasteiger partial charge < -0.3 is 9.84 Å². The zero-order valence-electron chi connectivity index (χ0n) is 19.6. The summed E-state index contributed by atoms with van der Waals surface area (Å²) in [5.41, 5.74) is 0. The zero-order valence-corrected chi connectivity index (χ0v) is 19.6. The summed E-state index contributed by atoms with van der Waals surface area (Å²) in [5, 5.41) is 7.60. The molecule has 0 unspecified atom stereocenters. The van der Waals surface area contributed by atoms with Gasteiger partial charge in [0.05, 0.1) is 13.0 Å². The Morgan fingerprint density at radius 1 is 0.512 bits per heavy atom. The molecule has 0 aliphatic heterocycles. The van der Waals surface area contributed by atoms with E-state index in [4.69, 9.17) is 5.11 Å². The molecule has 0 aliphatic carbocycles. The highest BCUT2D eigenvalue weighted by atomic mass is 19.4. The van der Waals surface area contributed by atoms with E-state index >= 15 is 0 Å². The fraction of sp³-hybridized carbons (Fsp3) is 0.667. The van der Waals surface area contributed by atoms with Crippen LogP contribution in [0.3, 0.4) is 0 Å². The van der Waals surface area contributed by atoms with Crippen LogP contribution in [0.4, 0.5) is 92.2 Å². The maximum absolute atomic E-state index is 13.6. The predicted molar refractivity (Wildman–Crippen MR) is 94.2 cm³/mol. The second-order valence-electron chi connectivity index (χ2n) is 7.46. The Hall–Kier alpha value is -3.05. The number of carboxylic acids is 1. The molecule has 0 heterocycles. The summed E-state index contributed by atoms with van der Waals surface area (Å²) in [4.78, 5) is 19.8. The van der Waals surface area contributed by atoms with Crippen LogP contribution in [-0.4, -0.2) is 83.1 Å². The third-order valence-electron chi connectivity index (χ3n) is 4.58. The monoisotopic (exact) mass is 690 g/mol. The lowest BCUT2D eigenvalue weighted by Gasteiger charge is -2.44. The van der Waals surface area contributed by atoms with Crippen LogP contribution < -0.4 is 0 Å². The Labute approximate surface area is 222 Å². The Morgan fingerprint density at radius 2 is 0.767 bits per heavy atom. The van der Waals surface area contributed by atoms with E-state index in [2.05, 4.69) is 17.9 Å². The number of carboxylic acid groups (broad SMARTS) is 1. The van der Waals surface area contributed by atoms with E-state index in [1.54, 1.807) is 0 Å². The van der Waals surface area contributed by atoms with Gasteiger partial charge in [0.25, 0.3) is 0 Å². The minimum absolute atomic E-state index is 0.111. The second-order valence-corrected chi connectivity index (χ2v) is 7.46. The predicted octanol–water partition coefficient (Wildman–Crippen LogP) is 7.64. The highest BCUT2D eigenvalue weighted by Crippen LogP contribution is 2.66.